The summed E-state index contributed by atoms with van der Waals surface area (Å²) in [6, 6.07) is 6.19. The lowest BCUT2D eigenvalue weighted by Crippen LogP contribution is -2.02. The number of hydrogen-bond acceptors (Lipinski definition) is 3. The highest BCUT2D eigenvalue weighted by molar-refractivity contribution is 5.45. The predicted molar refractivity (Wildman–Crippen MR) is 54.9 cm³/mol. The summed E-state index contributed by atoms with van der Waals surface area (Å²) < 4.78 is 10.4. The Hall–Kier alpha value is -1.22. The molecule has 3 nitrogen and oxygen atoms in total. The molecule has 1 aromatic rings. The van der Waals surface area contributed by atoms with Crippen LogP contribution in [0.3, 0.4) is 0 Å². The van der Waals surface area contributed by atoms with E-state index in [1.807, 2.05) is 18.2 Å². The maximum atomic E-state index is 5.81. The molecule has 0 bridgehead atoms. The Labute approximate surface area is 83.8 Å². The van der Waals surface area contributed by atoms with Crippen LogP contribution in [0.5, 0.6) is 11.5 Å². The summed E-state index contributed by atoms with van der Waals surface area (Å²) in [5.74, 6) is 2.16. The number of methoxy groups -OCH3 is 2. The Morgan fingerprint density at radius 1 is 1.29 bits per heavy atom. The molecule has 1 saturated carbocycles. The molecule has 2 atom stereocenters. The van der Waals surface area contributed by atoms with Crippen molar-refractivity contribution >= 4 is 0 Å². The lowest BCUT2D eigenvalue weighted by molar-refractivity contribution is 0.391. The van der Waals surface area contributed by atoms with Gasteiger partial charge in [0.15, 0.2) is 0 Å². The molecule has 14 heavy (non-hydrogen) atoms. The summed E-state index contributed by atoms with van der Waals surface area (Å²) in [7, 11) is 3.32. The van der Waals surface area contributed by atoms with Crippen molar-refractivity contribution in [3.63, 3.8) is 0 Å². The lowest BCUT2D eigenvalue weighted by atomic mass is 10.1. The van der Waals surface area contributed by atoms with E-state index in [1.165, 1.54) is 5.56 Å². The van der Waals surface area contributed by atoms with Gasteiger partial charge in [-0.05, 0) is 18.1 Å². The number of hydrogen-bond donors (Lipinski definition) is 1. The predicted octanol–water partition coefficient (Wildman–Crippen LogP) is 1.52. The van der Waals surface area contributed by atoms with Gasteiger partial charge < -0.3 is 15.2 Å². The largest absolute Gasteiger partial charge is 0.497 e. The zero-order chi connectivity index (χ0) is 10.1. The molecule has 1 aliphatic rings. The zero-order valence-electron chi connectivity index (χ0n) is 8.49. The zero-order valence-corrected chi connectivity index (χ0v) is 8.49. The summed E-state index contributed by atoms with van der Waals surface area (Å²) >= 11 is 0. The molecule has 0 aromatic heterocycles. The van der Waals surface area contributed by atoms with Gasteiger partial charge in [-0.3, -0.25) is 0 Å². The minimum Gasteiger partial charge on any atom is -0.497 e. The second-order valence-corrected chi connectivity index (χ2v) is 3.61. The molecule has 0 heterocycles. The van der Waals surface area contributed by atoms with E-state index in [1.54, 1.807) is 14.2 Å². The fraction of sp³-hybridized carbons (Fsp3) is 0.455. The van der Waals surface area contributed by atoms with Gasteiger partial charge in [0, 0.05) is 18.0 Å². The fourth-order valence-electron chi connectivity index (χ4n) is 1.70. The van der Waals surface area contributed by atoms with Crippen molar-refractivity contribution in [3.05, 3.63) is 23.8 Å². The third kappa shape index (κ3) is 1.55. The second kappa shape index (κ2) is 3.50. The van der Waals surface area contributed by atoms with E-state index >= 15 is 0 Å². The van der Waals surface area contributed by atoms with Crippen molar-refractivity contribution in [2.24, 2.45) is 5.73 Å². The number of nitrogens with two attached hydrogens (primary N) is 1. The maximum Gasteiger partial charge on any atom is 0.126 e. The van der Waals surface area contributed by atoms with E-state index in [-0.39, 0.29) is 0 Å². The van der Waals surface area contributed by atoms with Crippen molar-refractivity contribution in [2.75, 3.05) is 14.2 Å². The van der Waals surface area contributed by atoms with Crippen LogP contribution in [-0.2, 0) is 0 Å². The summed E-state index contributed by atoms with van der Waals surface area (Å²) in [4.78, 5) is 0. The first kappa shape index (κ1) is 9.34. The van der Waals surface area contributed by atoms with Crippen LogP contribution in [0.4, 0.5) is 0 Å². The van der Waals surface area contributed by atoms with Gasteiger partial charge in [0.25, 0.3) is 0 Å². The van der Waals surface area contributed by atoms with Gasteiger partial charge in [-0.1, -0.05) is 6.07 Å². The van der Waals surface area contributed by atoms with Crippen LogP contribution in [0.25, 0.3) is 0 Å². The van der Waals surface area contributed by atoms with E-state index in [0.29, 0.717) is 12.0 Å². The van der Waals surface area contributed by atoms with Crippen LogP contribution in [0.1, 0.15) is 17.9 Å². The van der Waals surface area contributed by atoms with Gasteiger partial charge >= 0.3 is 0 Å². The number of ether oxygens (including phenoxy) is 2. The van der Waals surface area contributed by atoms with Crippen molar-refractivity contribution in [1.82, 2.24) is 0 Å². The van der Waals surface area contributed by atoms with E-state index in [4.69, 9.17) is 15.2 Å². The van der Waals surface area contributed by atoms with Crippen LogP contribution in [0, 0.1) is 0 Å². The van der Waals surface area contributed by atoms with E-state index in [9.17, 15) is 0 Å². The Balaban J connectivity index is 2.30. The van der Waals surface area contributed by atoms with Crippen LogP contribution in [0.15, 0.2) is 18.2 Å². The third-order valence-electron chi connectivity index (χ3n) is 2.68. The molecule has 0 spiro atoms. The highest BCUT2D eigenvalue weighted by atomic mass is 16.5. The molecule has 1 aromatic carbocycles. The van der Waals surface area contributed by atoms with Crippen LogP contribution in [0.2, 0.25) is 0 Å². The van der Waals surface area contributed by atoms with Crippen molar-refractivity contribution < 1.29 is 9.47 Å². The Kier molecular flexibility index (Phi) is 2.33. The molecule has 0 saturated heterocycles. The Morgan fingerprint density at radius 3 is 2.50 bits per heavy atom. The molecule has 1 aliphatic carbocycles. The van der Waals surface area contributed by atoms with Crippen LogP contribution >= 0.6 is 0 Å². The van der Waals surface area contributed by atoms with Crippen molar-refractivity contribution in [3.8, 4) is 11.5 Å². The van der Waals surface area contributed by atoms with Crippen LogP contribution in [-0.4, -0.2) is 20.3 Å². The quantitative estimate of drug-likeness (QED) is 0.791. The highest BCUT2D eigenvalue weighted by Gasteiger charge is 2.36. The average Bonchev–Trinajstić information content (AvgIpc) is 2.94. The number of rotatable bonds is 3. The monoisotopic (exact) mass is 193 g/mol. The first-order valence-corrected chi connectivity index (χ1v) is 4.73. The summed E-state index contributed by atoms with van der Waals surface area (Å²) in [5.41, 5.74) is 7.00. The molecule has 2 unspecified atom stereocenters. The molecule has 0 radical (unpaired) electrons. The molecular weight excluding hydrogens is 178 g/mol. The smallest absolute Gasteiger partial charge is 0.126 e. The van der Waals surface area contributed by atoms with Crippen molar-refractivity contribution in [1.29, 1.82) is 0 Å². The molecule has 0 amide bonds. The van der Waals surface area contributed by atoms with Gasteiger partial charge in [0.2, 0.25) is 0 Å². The molecule has 3 heteroatoms. The maximum absolute atomic E-state index is 5.81. The van der Waals surface area contributed by atoms with E-state index in [2.05, 4.69) is 0 Å². The molecule has 76 valence electrons. The van der Waals surface area contributed by atoms with Crippen LogP contribution < -0.4 is 15.2 Å². The lowest BCUT2D eigenvalue weighted by Gasteiger charge is -2.09. The average molecular weight is 193 g/mol. The van der Waals surface area contributed by atoms with E-state index in [0.717, 1.165) is 17.9 Å². The second-order valence-electron chi connectivity index (χ2n) is 3.61. The normalized spacial score (nSPS) is 24.5. The standard InChI is InChI=1S/C11H15NO2/c1-13-7-3-4-8(9-6-10(9)12)11(5-7)14-2/h3-5,9-10H,6,12H2,1-2H3. The molecular formula is C11H15NO2. The van der Waals surface area contributed by atoms with Gasteiger partial charge in [-0.15, -0.1) is 0 Å². The fourth-order valence-corrected chi connectivity index (χ4v) is 1.70. The number of benzene rings is 1. The van der Waals surface area contributed by atoms with Gasteiger partial charge in [0.05, 0.1) is 14.2 Å². The highest BCUT2D eigenvalue weighted by Crippen LogP contribution is 2.44. The van der Waals surface area contributed by atoms with Crippen molar-refractivity contribution in [2.45, 2.75) is 18.4 Å². The van der Waals surface area contributed by atoms with Gasteiger partial charge in [-0.25, -0.2) is 0 Å². The first-order chi connectivity index (χ1) is 6.76. The van der Waals surface area contributed by atoms with E-state index < -0.39 is 0 Å². The van der Waals surface area contributed by atoms with Gasteiger partial charge in [-0.2, -0.15) is 0 Å². The first-order valence-electron chi connectivity index (χ1n) is 4.73. The summed E-state index contributed by atoms with van der Waals surface area (Å²) in [5, 5.41) is 0. The molecule has 1 fully saturated rings. The molecule has 0 aliphatic heterocycles. The molecule has 2 N–H and O–H groups in total. The Morgan fingerprint density at radius 2 is 2.00 bits per heavy atom. The summed E-state index contributed by atoms with van der Waals surface area (Å²) in [6.07, 6.45) is 1.06. The summed E-state index contributed by atoms with van der Waals surface area (Å²) in [6.45, 7) is 0. The minimum atomic E-state index is 0.303. The molecule has 2 rings (SSSR count). The SMILES string of the molecule is COc1ccc(C2CC2N)c(OC)c1. The van der Waals surface area contributed by atoms with Gasteiger partial charge in [0.1, 0.15) is 11.5 Å². The minimum absolute atomic E-state index is 0.303. The Bertz CT molecular complexity index is 338. The third-order valence-corrected chi connectivity index (χ3v) is 2.68. The topological polar surface area (TPSA) is 44.5 Å².